The number of carbonyl (C=O) groups excluding carboxylic acids is 3. The number of thiazole rings is 1. The molecular weight excluding hydrogens is 344 g/mol. The second kappa shape index (κ2) is 4.92. The van der Waals surface area contributed by atoms with E-state index < -0.39 is 23.5 Å². The van der Waals surface area contributed by atoms with Gasteiger partial charge in [0.2, 0.25) is 11.7 Å². The Bertz CT molecular complexity index is 741. The van der Waals surface area contributed by atoms with Crippen molar-refractivity contribution in [2.24, 2.45) is 0 Å². The molecule has 2 heterocycles. The van der Waals surface area contributed by atoms with E-state index in [-0.39, 0.29) is 0 Å². The molecule has 100 valence electrons. The lowest BCUT2D eigenvalue weighted by molar-refractivity contribution is -0.135. The number of imide groups is 1. The number of hydrogen-bond donors (Lipinski definition) is 1. The van der Waals surface area contributed by atoms with Crippen LogP contribution in [0.2, 0.25) is 0 Å². The van der Waals surface area contributed by atoms with Gasteiger partial charge in [-0.2, -0.15) is 0 Å². The van der Waals surface area contributed by atoms with Crippen molar-refractivity contribution in [3.05, 3.63) is 39.8 Å². The largest absolute Gasteiger partial charge is 0.295 e. The zero-order valence-electron chi connectivity index (χ0n) is 9.92. The van der Waals surface area contributed by atoms with Gasteiger partial charge in [-0.05, 0) is 12.1 Å². The maximum atomic E-state index is 11.6. The number of benzene rings is 1. The first kappa shape index (κ1) is 13.1. The number of hydrogen-bond acceptors (Lipinski definition) is 5. The molecule has 1 fully saturated rings. The highest BCUT2D eigenvalue weighted by Crippen LogP contribution is 2.30. The van der Waals surface area contributed by atoms with Crippen molar-refractivity contribution in [1.29, 1.82) is 0 Å². The number of carbonyl (C=O) groups is 3. The molecule has 1 aromatic heterocycles. The smallest absolute Gasteiger partial charge is 0.289 e. The van der Waals surface area contributed by atoms with Gasteiger partial charge in [0.1, 0.15) is 10.9 Å². The monoisotopic (exact) mass is 350 g/mol. The van der Waals surface area contributed by atoms with E-state index >= 15 is 0 Å². The van der Waals surface area contributed by atoms with Gasteiger partial charge in [-0.15, -0.1) is 11.3 Å². The van der Waals surface area contributed by atoms with Crippen LogP contribution in [0.4, 0.5) is 0 Å². The Labute approximate surface area is 126 Å². The van der Waals surface area contributed by atoms with Crippen LogP contribution >= 0.6 is 27.3 Å². The van der Waals surface area contributed by atoms with Gasteiger partial charge in [-0.1, -0.05) is 28.1 Å². The van der Waals surface area contributed by atoms with E-state index in [4.69, 9.17) is 0 Å². The van der Waals surface area contributed by atoms with Crippen LogP contribution in [0, 0.1) is 0 Å². The SMILES string of the molecule is O=C1NC(=O)C(c2csc(-c3cccc(Br)c3)n2)C1=O. The summed E-state index contributed by atoms with van der Waals surface area (Å²) in [6.07, 6.45) is 0. The molecule has 1 saturated heterocycles. The summed E-state index contributed by atoms with van der Waals surface area (Å²) in [5.41, 5.74) is 1.20. The molecule has 1 aliphatic rings. The molecule has 5 nitrogen and oxygen atoms in total. The number of aromatic nitrogens is 1. The van der Waals surface area contributed by atoms with Gasteiger partial charge in [-0.3, -0.25) is 19.7 Å². The van der Waals surface area contributed by atoms with Gasteiger partial charge in [0.05, 0.1) is 5.69 Å². The maximum absolute atomic E-state index is 11.6. The summed E-state index contributed by atoms with van der Waals surface area (Å²) in [6.45, 7) is 0. The molecule has 0 saturated carbocycles. The van der Waals surface area contributed by atoms with E-state index in [0.717, 1.165) is 10.0 Å². The molecular formula is C13H7BrN2O3S. The molecule has 0 aliphatic carbocycles. The summed E-state index contributed by atoms with van der Waals surface area (Å²) in [7, 11) is 0. The minimum Gasteiger partial charge on any atom is -0.289 e. The molecule has 0 bridgehead atoms. The summed E-state index contributed by atoms with van der Waals surface area (Å²) in [4.78, 5) is 38.7. The lowest BCUT2D eigenvalue weighted by Gasteiger charge is -1.99. The summed E-state index contributed by atoms with van der Waals surface area (Å²) in [5.74, 6) is -3.33. The van der Waals surface area contributed by atoms with E-state index in [0.29, 0.717) is 10.7 Å². The molecule has 3 rings (SSSR count). The standard InChI is InChI=1S/C13H7BrN2O3S/c14-7-3-1-2-6(4-7)13-15-8(5-20-13)9-10(17)12(19)16-11(9)18/h1-5,9H,(H,16,18,19). The molecule has 2 amide bonds. The zero-order valence-corrected chi connectivity index (χ0v) is 12.3. The van der Waals surface area contributed by atoms with Gasteiger partial charge in [0.15, 0.2) is 0 Å². The third kappa shape index (κ3) is 2.19. The van der Waals surface area contributed by atoms with Crippen LogP contribution in [-0.2, 0) is 14.4 Å². The van der Waals surface area contributed by atoms with Gasteiger partial charge in [-0.25, -0.2) is 4.98 Å². The van der Waals surface area contributed by atoms with Crippen LogP contribution in [0.1, 0.15) is 11.6 Å². The van der Waals surface area contributed by atoms with Crippen LogP contribution < -0.4 is 5.32 Å². The van der Waals surface area contributed by atoms with Gasteiger partial charge >= 0.3 is 0 Å². The summed E-state index contributed by atoms with van der Waals surface area (Å²) < 4.78 is 0.914. The van der Waals surface area contributed by atoms with Crippen LogP contribution in [0.25, 0.3) is 10.6 Å². The van der Waals surface area contributed by atoms with Crippen molar-refractivity contribution in [3.8, 4) is 10.6 Å². The zero-order chi connectivity index (χ0) is 14.3. The summed E-state index contributed by atoms with van der Waals surface area (Å²) >= 11 is 4.70. The Morgan fingerprint density at radius 1 is 1.25 bits per heavy atom. The Kier molecular flexibility index (Phi) is 3.23. The molecule has 1 unspecified atom stereocenters. The highest BCUT2D eigenvalue weighted by Gasteiger charge is 2.42. The van der Waals surface area contributed by atoms with E-state index in [1.165, 1.54) is 11.3 Å². The fraction of sp³-hybridized carbons (Fsp3) is 0.0769. The molecule has 1 aromatic carbocycles. The van der Waals surface area contributed by atoms with Gasteiger partial charge in [0, 0.05) is 15.4 Å². The number of Topliss-reactive ketones (excluding diaryl/α,β-unsaturated/α-hetero) is 1. The topological polar surface area (TPSA) is 76.1 Å². The second-order valence-electron chi connectivity index (χ2n) is 4.20. The molecule has 0 radical (unpaired) electrons. The Morgan fingerprint density at radius 2 is 2.05 bits per heavy atom. The van der Waals surface area contributed by atoms with Crippen molar-refractivity contribution in [1.82, 2.24) is 10.3 Å². The number of ketones is 1. The molecule has 1 aliphatic heterocycles. The molecule has 2 aromatic rings. The van der Waals surface area contributed by atoms with Crippen LogP contribution in [0.3, 0.4) is 0 Å². The first-order valence-corrected chi connectivity index (χ1v) is 7.34. The number of nitrogens with one attached hydrogen (secondary N) is 1. The first-order chi connectivity index (χ1) is 9.56. The van der Waals surface area contributed by atoms with Crippen molar-refractivity contribution >= 4 is 44.9 Å². The number of halogens is 1. The number of rotatable bonds is 2. The Hall–Kier alpha value is -1.86. The third-order valence-corrected chi connectivity index (χ3v) is 4.28. The molecule has 20 heavy (non-hydrogen) atoms. The van der Waals surface area contributed by atoms with E-state index in [2.05, 4.69) is 20.9 Å². The van der Waals surface area contributed by atoms with Crippen LogP contribution in [-0.4, -0.2) is 22.6 Å². The normalized spacial score (nSPS) is 18.4. The molecule has 1 N–H and O–H groups in total. The minimum atomic E-state index is -1.11. The quantitative estimate of drug-likeness (QED) is 0.509. The number of nitrogens with zero attached hydrogens (tertiary/aromatic N) is 1. The summed E-state index contributed by atoms with van der Waals surface area (Å²) in [6, 6.07) is 7.54. The lowest BCUT2D eigenvalue weighted by atomic mass is 10.0. The number of amides is 2. The first-order valence-electron chi connectivity index (χ1n) is 5.66. The maximum Gasteiger partial charge on any atom is 0.295 e. The average molecular weight is 351 g/mol. The van der Waals surface area contributed by atoms with E-state index in [9.17, 15) is 14.4 Å². The fourth-order valence-electron chi connectivity index (χ4n) is 1.94. The molecule has 1 atom stereocenters. The van der Waals surface area contributed by atoms with E-state index in [1.807, 2.05) is 29.6 Å². The lowest BCUT2D eigenvalue weighted by Crippen LogP contribution is -2.22. The molecule has 7 heteroatoms. The predicted octanol–water partition coefficient (Wildman–Crippen LogP) is 1.88. The Balaban J connectivity index is 1.97. The van der Waals surface area contributed by atoms with Gasteiger partial charge in [0.25, 0.3) is 5.91 Å². The summed E-state index contributed by atoms with van der Waals surface area (Å²) in [5, 5.41) is 4.33. The van der Waals surface area contributed by atoms with E-state index in [1.54, 1.807) is 5.38 Å². The Morgan fingerprint density at radius 3 is 2.70 bits per heavy atom. The fourth-order valence-corrected chi connectivity index (χ4v) is 3.18. The average Bonchev–Trinajstić information content (AvgIpc) is 2.96. The van der Waals surface area contributed by atoms with Crippen molar-refractivity contribution in [2.45, 2.75) is 5.92 Å². The van der Waals surface area contributed by atoms with Crippen molar-refractivity contribution < 1.29 is 14.4 Å². The minimum absolute atomic E-state index is 0.318. The predicted molar refractivity (Wildman–Crippen MR) is 76.1 cm³/mol. The molecule has 0 spiro atoms. The van der Waals surface area contributed by atoms with Gasteiger partial charge < -0.3 is 0 Å². The highest BCUT2D eigenvalue weighted by molar-refractivity contribution is 9.10. The second-order valence-corrected chi connectivity index (χ2v) is 5.98. The van der Waals surface area contributed by atoms with Crippen LogP contribution in [0.15, 0.2) is 34.1 Å². The third-order valence-electron chi connectivity index (χ3n) is 2.87. The van der Waals surface area contributed by atoms with Crippen LogP contribution in [0.5, 0.6) is 0 Å². The highest BCUT2D eigenvalue weighted by atomic mass is 79.9. The van der Waals surface area contributed by atoms with Crippen molar-refractivity contribution in [3.63, 3.8) is 0 Å². The van der Waals surface area contributed by atoms with Crippen molar-refractivity contribution in [2.75, 3.05) is 0 Å².